The summed E-state index contributed by atoms with van der Waals surface area (Å²) in [6, 6.07) is 12.1. The molecule has 0 N–H and O–H groups in total. The van der Waals surface area contributed by atoms with Gasteiger partial charge in [-0.15, -0.1) is 24.2 Å². The number of benzene rings is 2. The molecule has 1 aliphatic rings. The van der Waals surface area contributed by atoms with Crippen molar-refractivity contribution in [3.63, 3.8) is 0 Å². The van der Waals surface area contributed by atoms with Crippen molar-refractivity contribution in [1.82, 2.24) is 9.88 Å². The van der Waals surface area contributed by atoms with Crippen LogP contribution in [0, 0.1) is 0 Å². The topological polar surface area (TPSA) is 79.8 Å². The van der Waals surface area contributed by atoms with Gasteiger partial charge in [0, 0.05) is 42.9 Å². The third-order valence-electron chi connectivity index (χ3n) is 5.34. The first-order chi connectivity index (χ1) is 15.4. The lowest BCUT2D eigenvalue weighted by molar-refractivity contribution is 0.0391. The lowest BCUT2D eigenvalue weighted by Crippen LogP contribution is -2.43. The third kappa shape index (κ3) is 6.06. The van der Waals surface area contributed by atoms with E-state index in [1.54, 1.807) is 28.8 Å². The second-order valence-corrected chi connectivity index (χ2v) is 11.4. The number of thioether (sulfide) groups is 1. The summed E-state index contributed by atoms with van der Waals surface area (Å²) in [7, 11) is -3.32. The summed E-state index contributed by atoms with van der Waals surface area (Å²) in [5.41, 5.74) is 1.33. The molecule has 178 valence electrons. The van der Waals surface area contributed by atoms with E-state index in [0.717, 1.165) is 34.5 Å². The van der Waals surface area contributed by atoms with E-state index in [4.69, 9.17) is 9.72 Å². The van der Waals surface area contributed by atoms with E-state index >= 15 is 0 Å². The van der Waals surface area contributed by atoms with Crippen molar-refractivity contribution >= 4 is 66.6 Å². The van der Waals surface area contributed by atoms with Gasteiger partial charge in [-0.25, -0.2) is 13.4 Å². The van der Waals surface area contributed by atoms with E-state index < -0.39 is 9.84 Å². The number of halogens is 1. The molecule has 0 atom stereocenters. The molecule has 0 unspecified atom stereocenters. The number of hydrogen-bond donors (Lipinski definition) is 0. The molecule has 0 saturated carbocycles. The maximum absolute atomic E-state index is 13.5. The first-order valence-electron chi connectivity index (χ1n) is 10.2. The predicted molar refractivity (Wildman–Crippen MR) is 137 cm³/mol. The number of para-hydroxylation sites is 1. The number of nitrogens with zero attached hydrogens (tertiary/aromatic N) is 3. The summed E-state index contributed by atoms with van der Waals surface area (Å²) >= 11 is 3.12. The number of carbonyl (C=O) groups is 1. The zero-order valence-corrected chi connectivity index (χ0v) is 21.7. The van der Waals surface area contributed by atoms with Crippen LogP contribution in [0.3, 0.4) is 0 Å². The molecule has 1 aliphatic heterocycles. The molecular formula is C22H26ClN3O4S3. The van der Waals surface area contributed by atoms with E-state index in [-0.39, 0.29) is 23.2 Å². The Morgan fingerprint density at radius 2 is 1.88 bits per heavy atom. The number of ether oxygens (including phenoxy) is 1. The minimum atomic E-state index is -3.32. The SMILES string of the molecule is CSc1cccc2sc(N(CCN3CCOCC3)C(=O)c3ccc(S(C)(=O)=O)cc3)nc12.Cl. The second-order valence-electron chi connectivity index (χ2n) is 7.51. The lowest BCUT2D eigenvalue weighted by atomic mass is 10.2. The monoisotopic (exact) mass is 527 g/mol. The van der Waals surface area contributed by atoms with Gasteiger partial charge in [0.1, 0.15) is 0 Å². The fourth-order valence-electron chi connectivity index (χ4n) is 3.54. The van der Waals surface area contributed by atoms with Gasteiger partial charge in [0.15, 0.2) is 15.0 Å². The first-order valence-corrected chi connectivity index (χ1v) is 14.2. The lowest BCUT2D eigenvalue weighted by Gasteiger charge is -2.29. The van der Waals surface area contributed by atoms with Gasteiger partial charge in [0.25, 0.3) is 5.91 Å². The molecule has 1 fully saturated rings. The number of rotatable bonds is 7. The largest absolute Gasteiger partial charge is 0.379 e. The highest BCUT2D eigenvalue weighted by Gasteiger charge is 2.24. The normalized spacial score (nSPS) is 14.7. The Morgan fingerprint density at radius 1 is 1.18 bits per heavy atom. The van der Waals surface area contributed by atoms with Gasteiger partial charge in [-0.1, -0.05) is 17.4 Å². The fourth-order valence-corrected chi connectivity index (χ4v) is 5.82. The first kappa shape index (κ1) is 25.9. The molecule has 2 aromatic carbocycles. The Labute approximate surface area is 208 Å². The van der Waals surface area contributed by atoms with Gasteiger partial charge < -0.3 is 4.74 Å². The highest BCUT2D eigenvalue weighted by Crippen LogP contribution is 2.34. The van der Waals surface area contributed by atoms with Crippen molar-refractivity contribution in [3.05, 3.63) is 48.0 Å². The average Bonchev–Trinajstić information content (AvgIpc) is 3.23. The zero-order valence-electron chi connectivity index (χ0n) is 18.4. The molecule has 1 saturated heterocycles. The van der Waals surface area contributed by atoms with Gasteiger partial charge in [-0.3, -0.25) is 14.6 Å². The molecule has 1 aromatic heterocycles. The number of amides is 1. The molecule has 11 heteroatoms. The molecule has 0 aliphatic carbocycles. The number of anilines is 1. The van der Waals surface area contributed by atoms with Gasteiger partial charge in [0.05, 0.1) is 28.3 Å². The number of thiazole rings is 1. The molecule has 0 bridgehead atoms. The van der Waals surface area contributed by atoms with E-state index in [9.17, 15) is 13.2 Å². The quantitative estimate of drug-likeness (QED) is 0.432. The van der Waals surface area contributed by atoms with Crippen LogP contribution in [0.1, 0.15) is 10.4 Å². The fraction of sp³-hybridized carbons (Fsp3) is 0.364. The van der Waals surface area contributed by atoms with Crippen molar-refractivity contribution < 1.29 is 17.9 Å². The molecule has 1 amide bonds. The van der Waals surface area contributed by atoms with Crippen LogP contribution in [-0.2, 0) is 14.6 Å². The maximum Gasteiger partial charge on any atom is 0.260 e. The number of aromatic nitrogens is 1. The number of fused-ring (bicyclic) bond motifs is 1. The molecule has 33 heavy (non-hydrogen) atoms. The Morgan fingerprint density at radius 3 is 2.52 bits per heavy atom. The van der Waals surface area contributed by atoms with Crippen LogP contribution in [0.4, 0.5) is 5.13 Å². The zero-order chi connectivity index (χ0) is 22.7. The van der Waals surface area contributed by atoms with Crippen molar-refractivity contribution in [2.24, 2.45) is 0 Å². The predicted octanol–water partition coefficient (Wildman–Crippen LogP) is 3.82. The summed E-state index contributed by atoms with van der Waals surface area (Å²) in [5, 5.41) is 0.645. The summed E-state index contributed by atoms with van der Waals surface area (Å²) in [4.78, 5) is 23.6. The van der Waals surface area contributed by atoms with E-state index in [1.165, 1.54) is 23.5 Å². The number of hydrogen-bond acceptors (Lipinski definition) is 8. The maximum atomic E-state index is 13.5. The molecule has 3 aromatic rings. The standard InChI is InChI=1S/C22H25N3O4S3.ClH/c1-30-18-4-3-5-19-20(18)23-22(31-19)25(11-10-24-12-14-29-15-13-24)21(26)16-6-8-17(9-7-16)32(2,27)28;/h3-9H,10-15H2,1-2H3;1H. The summed E-state index contributed by atoms with van der Waals surface area (Å²) in [6.07, 6.45) is 3.17. The van der Waals surface area contributed by atoms with Gasteiger partial charge in [-0.2, -0.15) is 0 Å². The third-order valence-corrected chi connectivity index (χ3v) is 8.28. The average molecular weight is 528 g/mol. The van der Waals surface area contributed by atoms with Gasteiger partial charge >= 0.3 is 0 Å². The molecule has 4 rings (SSSR count). The number of sulfone groups is 1. The van der Waals surface area contributed by atoms with E-state index in [0.29, 0.717) is 37.0 Å². The minimum Gasteiger partial charge on any atom is -0.379 e. The van der Waals surface area contributed by atoms with E-state index in [2.05, 4.69) is 4.90 Å². The van der Waals surface area contributed by atoms with Gasteiger partial charge in [-0.05, 0) is 42.7 Å². The Hall–Kier alpha value is -1.69. The van der Waals surface area contributed by atoms with Crippen molar-refractivity contribution in [2.45, 2.75) is 9.79 Å². The number of morpholine rings is 1. The molecule has 0 radical (unpaired) electrons. The summed E-state index contributed by atoms with van der Waals surface area (Å²) < 4.78 is 30.0. The Balaban J connectivity index is 0.00000306. The van der Waals surface area contributed by atoms with Crippen molar-refractivity contribution in [1.29, 1.82) is 0 Å². The van der Waals surface area contributed by atoms with E-state index in [1.807, 2.05) is 24.5 Å². The van der Waals surface area contributed by atoms with Crippen LogP contribution in [0.5, 0.6) is 0 Å². The molecule has 2 heterocycles. The Kier molecular flexibility index (Phi) is 8.76. The van der Waals surface area contributed by atoms with Crippen LogP contribution < -0.4 is 4.90 Å². The van der Waals surface area contributed by atoms with Gasteiger partial charge in [0.2, 0.25) is 0 Å². The minimum absolute atomic E-state index is 0. The van der Waals surface area contributed by atoms with Crippen LogP contribution in [-0.4, -0.2) is 76.1 Å². The highest BCUT2D eigenvalue weighted by molar-refractivity contribution is 7.98. The molecule has 7 nitrogen and oxygen atoms in total. The van der Waals surface area contributed by atoms with Crippen molar-refractivity contribution in [2.75, 3.05) is 56.8 Å². The summed E-state index contributed by atoms with van der Waals surface area (Å²) in [5.74, 6) is -0.192. The van der Waals surface area contributed by atoms with Crippen LogP contribution >= 0.6 is 35.5 Å². The summed E-state index contributed by atoms with van der Waals surface area (Å²) in [6.45, 7) is 4.25. The Bertz CT molecular complexity index is 1210. The smallest absolute Gasteiger partial charge is 0.260 e. The van der Waals surface area contributed by atoms with Crippen LogP contribution in [0.15, 0.2) is 52.3 Å². The van der Waals surface area contributed by atoms with Crippen LogP contribution in [0.2, 0.25) is 0 Å². The second kappa shape index (κ2) is 11.2. The van der Waals surface area contributed by atoms with Crippen LogP contribution in [0.25, 0.3) is 10.2 Å². The number of carbonyl (C=O) groups excluding carboxylic acids is 1. The molecular weight excluding hydrogens is 502 g/mol. The highest BCUT2D eigenvalue weighted by atomic mass is 35.5. The molecule has 0 spiro atoms. The van der Waals surface area contributed by atoms with Crippen molar-refractivity contribution in [3.8, 4) is 0 Å².